The van der Waals surface area contributed by atoms with Gasteiger partial charge in [0, 0.05) is 10.9 Å². The lowest BCUT2D eigenvalue weighted by molar-refractivity contribution is -0.135. The van der Waals surface area contributed by atoms with Gasteiger partial charge in [0.15, 0.2) is 0 Å². The van der Waals surface area contributed by atoms with Crippen LogP contribution >= 0.6 is 0 Å². The van der Waals surface area contributed by atoms with Gasteiger partial charge in [0.1, 0.15) is 23.0 Å². The Morgan fingerprint density at radius 3 is 2.15 bits per heavy atom. The number of ether oxygens (including phenoxy) is 3. The van der Waals surface area contributed by atoms with E-state index in [4.69, 9.17) is 19.3 Å². The van der Waals surface area contributed by atoms with E-state index >= 15 is 0 Å². The van der Waals surface area contributed by atoms with E-state index in [2.05, 4.69) is 6.07 Å². The van der Waals surface area contributed by atoms with Gasteiger partial charge < -0.3 is 19.3 Å². The first-order valence-corrected chi connectivity index (χ1v) is 10.5. The summed E-state index contributed by atoms with van der Waals surface area (Å²) in [5.74, 6) is 2.14. The third-order valence-electron chi connectivity index (χ3n) is 5.28. The Bertz CT molecular complexity index is 1290. The summed E-state index contributed by atoms with van der Waals surface area (Å²) in [5.41, 5.74) is 2.87. The van der Waals surface area contributed by atoms with Crippen molar-refractivity contribution in [2.45, 2.75) is 6.42 Å². The number of carboxylic acids is 1. The first kappa shape index (κ1) is 22.0. The van der Waals surface area contributed by atoms with Gasteiger partial charge >= 0.3 is 5.97 Å². The van der Waals surface area contributed by atoms with E-state index in [1.807, 2.05) is 72.8 Å². The highest BCUT2D eigenvalue weighted by atomic mass is 16.5. The van der Waals surface area contributed by atoms with E-state index in [1.54, 1.807) is 26.4 Å². The van der Waals surface area contributed by atoms with Crippen molar-refractivity contribution in [2.75, 3.05) is 14.2 Å². The molecule has 4 rings (SSSR count). The lowest BCUT2D eigenvalue weighted by Crippen LogP contribution is -1.92. The zero-order valence-electron chi connectivity index (χ0n) is 18.4. The molecule has 0 amide bonds. The minimum Gasteiger partial charge on any atom is -0.497 e. The number of aliphatic carboxylic acids is 1. The van der Waals surface area contributed by atoms with Gasteiger partial charge in [0.2, 0.25) is 0 Å². The fourth-order valence-corrected chi connectivity index (χ4v) is 3.57. The molecule has 1 N–H and O–H groups in total. The van der Waals surface area contributed by atoms with Crippen molar-refractivity contribution in [1.82, 2.24) is 0 Å². The second-order valence-corrected chi connectivity index (χ2v) is 7.43. The van der Waals surface area contributed by atoms with Gasteiger partial charge in [0.05, 0.1) is 20.6 Å². The lowest BCUT2D eigenvalue weighted by atomic mass is 9.99. The van der Waals surface area contributed by atoms with Gasteiger partial charge in [-0.25, -0.2) is 0 Å². The van der Waals surface area contributed by atoms with E-state index in [1.165, 1.54) is 0 Å². The van der Waals surface area contributed by atoms with Crippen LogP contribution in [0.4, 0.5) is 0 Å². The summed E-state index contributed by atoms with van der Waals surface area (Å²) in [7, 11) is 3.30. The molecule has 33 heavy (non-hydrogen) atoms. The molecule has 0 radical (unpaired) electrons. The van der Waals surface area contributed by atoms with Crippen LogP contribution in [0.2, 0.25) is 0 Å². The molecule has 0 aliphatic carbocycles. The normalized spacial score (nSPS) is 11.0. The maximum atomic E-state index is 10.7. The fourth-order valence-electron chi connectivity index (χ4n) is 3.57. The van der Waals surface area contributed by atoms with Crippen molar-refractivity contribution >= 4 is 22.8 Å². The molecule has 0 aliphatic heterocycles. The molecule has 0 atom stereocenters. The Hall–Kier alpha value is -4.25. The van der Waals surface area contributed by atoms with Crippen molar-refractivity contribution in [3.8, 4) is 34.1 Å². The average Bonchev–Trinajstić information content (AvgIpc) is 2.85. The molecule has 5 nitrogen and oxygen atoms in total. The van der Waals surface area contributed by atoms with Crippen LogP contribution in [-0.2, 0) is 4.79 Å². The van der Waals surface area contributed by atoms with Crippen LogP contribution in [0, 0.1) is 0 Å². The quantitative estimate of drug-likeness (QED) is 0.326. The van der Waals surface area contributed by atoms with Crippen molar-refractivity contribution in [1.29, 1.82) is 0 Å². The van der Waals surface area contributed by atoms with Gasteiger partial charge in [-0.15, -0.1) is 0 Å². The van der Waals surface area contributed by atoms with Crippen molar-refractivity contribution < 1.29 is 24.1 Å². The molecular weight excluding hydrogens is 416 g/mol. The molecule has 0 aliphatic rings. The van der Waals surface area contributed by atoms with Crippen molar-refractivity contribution in [2.24, 2.45) is 0 Å². The number of methoxy groups -OCH3 is 2. The van der Waals surface area contributed by atoms with Gasteiger partial charge in [-0.2, -0.15) is 0 Å². The number of rotatable bonds is 8. The molecule has 0 spiro atoms. The maximum Gasteiger partial charge on any atom is 0.307 e. The van der Waals surface area contributed by atoms with Crippen LogP contribution in [0.1, 0.15) is 12.0 Å². The molecule has 0 bridgehead atoms. The monoisotopic (exact) mass is 440 g/mol. The Kier molecular flexibility index (Phi) is 6.60. The molecule has 0 unspecified atom stereocenters. The smallest absolute Gasteiger partial charge is 0.307 e. The van der Waals surface area contributed by atoms with Crippen LogP contribution in [0.5, 0.6) is 23.0 Å². The molecule has 0 aromatic heterocycles. The molecular formula is C28H24O5. The summed E-state index contributed by atoms with van der Waals surface area (Å²) in [6.07, 6.45) is 3.39. The summed E-state index contributed by atoms with van der Waals surface area (Å²) in [6, 6.07) is 25.4. The van der Waals surface area contributed by atoms with Gasteiger partial charge in [-0.3, -0.25) is 4.79 Å². The predicted molar refractivity (Wildman–Crippen MR) is 130 cm³/mol. The molecule has 4 aromatic rings. The molecule has 4 aromatic carbocycles. The summed E-state index contributed by atoms with van der Waals surface area (Å²) in [6.45, 7) is 0. The fraction of sp³-hybridized carbons (Fsp3) is 0.107. The summed E-state index contributed by atoms with van der Waals surface area (Å²) in [5, 5.41) is 10.8. The van der Waals surface area contributed by atoms with Gasteiger partial charge in [0.25, 0.3) is 0 Å². The molecule has 0 saturated carbocycles. The third kappa shape index (κ3) is 5.15. The predicted octanol–water partition coefficient (Wildman–Crippen LogP) is 6.80. The molecule has 0 fully saturated rings. The molecule has 0 saturated heterocycles. The number of benzene rings is 4. The Morgan fingerprint density at radius 2 is 1.48 bits per heavy atom. The van der Waals surface area contributed by atoms with E-state index in [-0.39, 0.29) is 6.42 Å². The molecule has 166 valence electrons. The van der Waals surface area contributed by atoms with E-state index in [0.717, 1.165) is 44.7 Å². The highest BCUT2D eigenvalue weighted by Crippen LogP contribution is 2.41. The van der Waals surface area contributed by atoms with Crippen LogP contribution in [0.3, 0.4) is 0 Å². The number of hydrogen-bond donors (Lipinski definition) is 1. The van der Waals surface area contributed by atoms with Crippen molar-refractivity contribution in [3.05, 3.63) is 90.5 Å². The van der Waals surface area contributed by atoms with Gasteiger partial charge in [-0.1, -0.05) is 42.5 Å². The summed E-state index contributed by atoms with van der Waals surface area (Å²) < 4.78 is 17.1. The summed E-state index contributed by atoms with van der Waals surface area (Å²) in [4.78, 5) is 10.7. The molecule has 0 heterocycles. The van der Waals surface area contributed by atoms with Crippen LogP contribution in [0.15, 0.2) is 84.9 Å². The Balaban J connectivity index is 1.73. The van der Waals surface area contributed by atoms with E-state index in [0.29, 0.717) is 5.75 Å². The number of carbonyl (C=O) groups is 1. The standard InChI is InChI=1S/C28H24O5/c1-31-22-13-8-20(9-14-22)25-16-10-21-18-24(32-2)15-17-26(21)28(25)33-23-11-6-19(7-12-23)4-3-5-27(29)30/h3-4,6-18H,5H2,1-2H3,(H,29,30). The first-order chi connectivity index (χ1) is 16.1. The van der Waals surface area contributed by atoms with E-state index < -0.39 is 5.97 Å². The second-order valence-electron chi connectivity index (χ2n) is 7.43. The highest BCUT2D eigenvalue weighted by Gasteiger charge is 2.13. The SMILES string of the molecule is COc1ccc(-c2ccc3cc(OC)ccc3c2Oc2ccc(C=CCC(=O)O)cc2)cc1. The zero-order valence-corrected chi connectivity index (χ0v) is 18.4. The molecule has 5 heteroatoms. The number of carboxylic acid groups (broad SMARTS) is 1. The van der Waals surface area contributed by atoms with Crippen LogP contribution in [0.25, 0.3) is 28.0 Å². The second kappa shape index (κ2) is 9.92. The summed E-state index contributed by atoms with van der Waals surface area (Å²) >= 11 is 0. The Labute approximate surface area is 192 Å². The first-order valence-electron chi connectivity index (χ1n) is 10.5. The van der Waals surface area contributed by atoms with Crippen LogP contribution < -0.4 is 14.2 Å². The van der Waals surface area contributed by atoms with E-state index in [9.17, 15) is 4.79 Å². The van der Waals surface area contributed by atoms with Crippen molar-refractivity contribution in [3.63, 3.8) is 0 Å². The zero-order chi connectivity index (χ0) is 23.2. The number of fused-ring (bicyclic) bond motifs is 1. The maximum absolute atomic E-state index is 10.7. The topological polar surface area (TPSA) is 65.0 Å². The minimum absolute atomic E-state index is 0.0110. The lowest BCUT2D eigenvalue weighted by Gasteiger charge is -2.16. The van der Waals surface area contributed by atoms with Gasteiger partial charge in [-0.05, 0) is 65.0 Å². The number of hydrogen-bond acceptors (Lipinski definition) is 4. The average molecular weight is 440 g/mol. The van der Waals surface area contributed by atoms with Crippen LogP contribution in [-0.4, -0.2) is 25.3 Å². The Morgan fingerprint density at radius 1 is 0.818 bits per heavy atom. The minimum atomic E-state index is -0.857. The highest BCUT2D eigenvalue weighted by molar-refractivity contribution is 5.96. The third-order valence-corrected chi connectivity index (χ3v) is 5.28. The largest absolute Gasteiger partial charge is 0.497 e.